The molecule has 1 aliphatic rings. The Morgan fingerprint density at radius 2 is 1.56 bits per heavy atom. The summed E-state index contributed by atoms with van der Waals surface area (Å²) in [6, 6.07) is 17.8. The molecule has 182 valence electrons. The van der Waals surface area contributed by atoms with Gasteiger partial charge >= 0.3 is 6.09 Å². The monoisotopic (exact) mass is 465 g/mol. The van der Waals surface area contributed by atoms with Crippen molar-refractivity contribution in [1.82, 2.24) is 10.6 Å². The first-order valence-corrected chi connectivity index (χ1v) is 12.0. The fraction of sp³-hybridized carbons (Fsp3) is 0.444. The van der Waals surface area contributed by atoms with E-state index in [-0.39, 0.29) is 12.8 Å². The number of nitrogens with two attached hydrogens (primary N) is 1. The molecule has 2 aromatic carbocycles. The number of carbonyl (C=O) groups is 3. The minimum atomic E-state index is -1.32. The molecule has 3 rings (SSSR count). The van der Waals surface area contributed by atoms with Crippen molar-refractivity contribution < 1.29 is 19.1 Å². The summed E-state index contributed by atoms with van der Waals surface area (Å²) in [7, 11) is 0. The Balaban J connectivity index is 1.69. The van der Waals surface area contributed by atoms with Crippen LogP contribution >= 0.6 is 0 Å². The maximum Gasteiger partial charge on any atom is 0.407 e. The van der Waals surface area contributed by atoms with Gasteiger partial charge in [0.25, 0.3) is 0 Å². The van der Waals surface area contributed by atoms with Crippen LogP contribution < -0.4 is 16.4 Å². The molecule has 2 aromatic rings. The lowest BCUT2D eigenvalue weighted by Crippen LogP contribution is -2.61. The molecule has 0 bridgehead atoms. The summed E-state index contributed by atoms with van der Waals surface area (Å²) in [6.45, 7) is 1.94. The number of nitrogens with one attached hydrogen (secondary N) is 2. The van der Waals surface area contributed by atoms with E-state index in [1.807, 2.05) is 60.7 Å². The molecule has 1 saturated carbocycles. The lowest BCUT2D eigenvalue weighted by Gasteiger charge is -2.30. The summed E-state index contributed by atoms with van der Waals surface area (Å²) >= 11 is 0. The molecule has 0 aromatic heterocycles. The van der Waals surface area contributed by atoms with Crippen LogP contribution in [0.4, 0.5) is 4.79 Å². The molecule has 1 unspecified atom stereocenters. The molecule has 0 saturated heterocycles. The molecule has 0 heterocycles. The molecule has 2 atom stereocenters. The van der Waals surface area contributed by atoms with E-state index >= 15 is 0 Å². The van der Waals surface area contributed by atoms with E-state index in [9.17, 15) is 14.4 Å². The SMILES string of the molecule is CC(Cc1ccccc1)(NC(=O)[C@H](Cc1ccccc1)NC(=O)OCC1CCCCC1)C(N)=O. The molecule has 1 aliphatic carbocycles. The summed E-state index contributed by atoms with van der Waals surface area (Å²) in [5, 5.41) is 5.49. The lowest BCUT2D eigenvalue weighted by molar-refractivity contribution is -0.132. The zero-order chi connectivity index (χ0) is 24.4. The van der Waals surface area contributed by atoms with E-state index in [0.29, 0.717) is 12.5 Å². The number of amides is 3. The van der Waals surface area contributed by atoms with Gasteiger partial charge < -0.3 is 21.1 Å². The Bertz CT molecular complexity index is 945. The van der Waals surface area contributed by atoms with Gasteiger partial charge in [-0.1, -0.05) is 79.9 Å². The van der Waals surface area contributed by atoms with Gasteiger partial charge in [-0.05, 0) is 36.8 Å². The molecular formula is C27H35N3O4. The molecule has 0 radical (unpaired) electrons. The highest BCUT2D eigenvalue weighted by Gasteiger charge is 2.36. The molecule has 0 aliphatic heterocycles. The van der Waals surface area contributed by atoms with Gasteiger partial charge in [-0.3, -0.25) is 9.59 Å². The van der Waals surface area contributed by atoms with E-state index in [2.05, 4.69) is 10.6 Å². The molecule has 7 heteroatoms. The number of alkyl carbamates (subject to hydrolysis) is 1. The summed E-state index contributed by atoms with van der Waals surface area (Å²) in [5.41, 5.74) is 6.11. The van der Waals surface area contributed by atoms with Crippen LogP contribution in [0.15, 0.2) is 60.7 Å². The fourth-order valence-electron chi connectivity index (χ4n) is 4.35. The van der Waals surface area contributed by atoms with Crippen molar-refractivity contribution in [2.24, 2.45) is 11.7 Å². The third-order valence-corrected chi connectivity index (χ3v) is 6.41. The minimum absolute atomic E-state index is 0.235. The number of carbonyl (C=O) groups excluding carboxylic acids is 3. The van der Waals surface area contributed by atoms with Crippen LogP contribution in [-0.4, -0.2) is 36.1 Å². The zero-order valence-electron chi connectivity index (χ0n) is 19.8. The number of rotatable bonds is 10. The average Bonchev–Trinajstić information content (AvgIpc) is 2.84. The second-order valence-electron chi connectivity index (χ2n) is 9.34. The van der Waals surface area contributed by atoms with Crippen LogP contribution in [0.2, 0.25) is 0 Å². The van der Waals surface area contributed by atoms with Gasteiger partial charge in [0.1, 0.15) is 11.6 Å². The smallest absolute Gasteiger partial charge is 0.407 e. The molecule has 3 amide bonds. The molecule has 34 heavy (non-hydrogen) atoms. The van der Waals surface area contributed by atoms with Crippen LogP contribution in [0, 0.1) is 5.92 Å². The Labute approximate surface area is 201 Å². The van der Waals surface area contributed by atoms with Gasteiger partial charge in [0.2, 0.25) is 11.8 Å². The second-order valence-corrected chi connectivity index (χ2v) is 9.34. The predicted octanol–water partition coefficient (Wildman–Crippen LogP) is 3.51. The van der Waals surface area contributed by atoms with Crippen LogP contribution in [0.3, 0.4) is 0 Å². The van der Waals surface area contributed by atoms with Crippen LogP contribution in [-0.2, 0) is 27.2 Å². The first-order valence-electron chi connectivity index (χ1n) is 12.0. The Kier molecular flexibility index (Phi) is 9.08. The third-order valence-electron chi connectivity index (χ3n) is 6.41. The van der Waals surface area contributed by atoms with Crippen molar-refractivity contribution in [3.05, 3.63) is 71.8 Å². The van der Waals surface area contributed by atoms with Gasteiger partial charge in [-0.2, -0.15) is 0 Å². The van der Waals surface area contributed by atoms with E-state index in [1.165, 1.54) is 6.42 Å². The van der Waals surface area contributed by atoms with Gasteiger partial charge in [0.15, 0.2) is 0 Å². The van der Waals surface area contributed by atoms with Crippen molar-refractivity contribution in [3.8, 4) is 0 Å². The molecule has 1 fully saturated rings. The van der Waals surface area contributed by atoms with Crippen molar-refractivity contribution in [2.45, 2.75) is 63.5 Å². The summed E-state index contributed by atoms with van der Waals surface area (Å²) in [5.74, 6) is -0.774. The zero-order valence-corrected chi connectivity index (χ0v) is 19.8. The van der Waals surface area contributed by atoms with Crippen LogP contribution in [0.25, 0.3) is 0 Å². The highest BCUT2D eigenvalue weighted by molar-refractivity contribution is 5.93. The summed E-state index contributed by atoms with van der Waals surface area (Å²) in [4.78, 5) is 38.2. The minimum Gasteiger partial charge on any atom is -0.449 e. The summed E-state index contributed by atoms with van der Waals surface area (Å²) in [6.07, 6.45) is 5.50. The fourth-order valence-corrected chi connectivity index (χ4v) is 4.35. The van der Waals surface area contributed by atoms with Crippen molar-refractivity contribution in [2.75, 3.05) is 6.61 Å². The van der Waals surface area contributed by atoms with Crippen molar-refractivity contribution >= 4 is 17.9 Å². The maximum absolute atomic E-state index is 13.3. The van der Waals surface area contributed by atoms with Gasteiger partial charge in [0, 0.05) is 12.8 Å². The Morgan fingerprint density at radius 3 is 2.15 bits per heavy atom. The Hall–Kier alpha value is -3.35. The van der Waals surface area contributed by atoms with E-state index in [1.54, 1.807) is 6.92 Å². The number of primary amides is 1. The van der Waals surface area contributed by atoms with Gasteiger partial charge in [0.05, 0.1) is 6.61 Å². The number of ether oxygens (including phenoxy) is 1. The molecule has 7 nitrogen and oxygen atoms in total. The highest BCUT2D eigenvalue weighted by atomic mass is 16.5. The first-order chi connectivity index (χ1) is 16.4. The van der Waals surface area contributed by atoms with Gasteiger partial charge in [-0.15, -0.1) is 0 Å². The normalized spacial score (nSPS) is 16.6. The lowest BCUT2D eigenvalue weighted by atomic mass is 9.90. The number of hydrogen-bond acceptors (Lipinski definition) is 4. The average molecular weight is 466 g/mol. The van der Waals surface area contributed by atoms with E-state index in [4.69, 9.17) is 10.5 Å². The topological polar surface area (TPSA) is 111 Å². The molecule has 0 spiro atoms. The van der Waals surface area contributed by atoms with Crippen molar-refractivity contribution in [1.29, 1.82) is 0 Å². The molecular weight excluding hydrogens is 430 g/mol. The number of hydrogen-bond donors (Lipinski definition) is 3. The molecule has 4 N–H and O–H groups in total. The number of benzene rings is 2. The summed E-state index contributed by atoms with van der Waals surface area (Å²) < 4.78 is 5.45. The quantitative estimate of drug-likeness (QED) is 0.499. The second kappa shape index (κ2) is 12.2. The van der Waals surface area contributed by atoms with E-state index in [0.717, 1.165) is 36.8 Å². The van der Waals surface area contributed by atoms with Crippen LogP contribution in [0.1, 0.15) is 50.2 Å². The standard InChI is InChI=1S/C27H35N3O4/c1-27(25(28)32,18-21-13-7-3-8-14-21)30-24(31)23(17-20-11-5-2-6-12-20)29-26(33)34-19-22-15-9-4-10-16-22/h2-3,5-8,11-14,22-23H,4,9-10,15-19H2,1H3,(H2,28,32)(H,29,33)(H,30,31)/t23-,27?/m0/s1. The maximum atomic E-state index is 13.3. The Morgan fingerprint density at radius 1 is 0.971 bits per heavy atom. The third kappa shape index (κ3) is 7.61. The van der Waals surface area contributed by atoms with Gasteiger partial charge in [-0.25, -0.2) is 4.79 Å². The van der Waals surface area contributed by atoms with Crippen molar-refractivity contribution in [3.63, 3.8) is 0 Å². The highest BCUT2D eigenvalue weighted by Crippen LogP contribution is 2.23. The van der Waals surface area contributed by atoms with Crippen LogP contribution in [0.5, 0.6) is 0 Å². The first kappa shape index (κ1) is 25.3. The van der Waals surface area contributed by atoms with E-state index < -0.39 is 29.5 Å². The largest absolute Gasteiger partial charge is 0.449 e. The predicted molar refractivity (Wildman–Crippen MR) is 131 cm³/mol.